The van der Waals surface area contributed by atoms with Crippen LogP contribution >= 0.6 is 0 Å². The standard InChI is InChI=1S/C23H28N4O2/c1-28-15-16-29-19-13-11-18(12-14-19)25-23-26-21-10-6-5-9-20(21)22(27-23)24-17-7-3-2-4-8-17/h5-6,9-14,17H,2-4,7-8,15-16H2,1H3,(H2,24,25,26,27). The van der Waals surface area contributed by atoms with Crippen LogP contribution in [0.1, 0.15) is 32.1 Å². The van der Waals surface area contributed by atoms with Crippen LogP contribution in [0.15, 0.2) is 48.5 Å². The van der Waals surface area contributed by atoms with Crippen LogP contribution in [0.25, 0.3) is 10.9 Å². The number of nitrogens with one attached hydrogen (secondary N) is 2. The van der Waals surface area contributed by atoms with Crippen molar-refractivity contribution in [2.24, 2.45) is 0 Å². The van der Waals surface area contributed by atoms with Crippen molar-refractivity contribution in [2.45, 2.75) is 38.1 Å². The summed E-state index contributed by atoms with van der Waals surface area (Å²) in [5, 5.41) is 8.05. The molecule has 0 atom stereocenters. The largest absolute Gasteiger partial charge is 0.491 e. The molecule has 4 rings (SSSR count). The van der Waals surface area contributed by atoms with Gasteiger partial charge < -0.3 is 20.1 Å². The van der Waals surface area contributed by atoms with Crippen molar-refractivity contribution < 1.29 is 9.47 Å². The molecular weight excluding hydrogens is 364 g/mol. The number of hydrogen-bond donors (Lipinski definition) is 2. The Hall–Kier alpha value is -2.86. The number of ether oxygens (including phenoxy) is 2. The van der Waals surface area contributed by atoms with Crippen molar-refractivity contribution in [2.75, 3.05) is 31.0 Å². The molecule has 2 N–H and O–H groups in total. The van der Waals surface area contributed by atoms with Gasteiger partial charge in [-0.05, 0) is 49.2 Å². The molecule has 3 aromatic rings. The molecule has 0 unspecified atom stereocenters. The van der Waals surface area contributed by atoms with E-state index in [0.717, 1.165) is 28.2 Å². The van der Waals surface area contributed by atoms with Crippen molar-refractivity contribution in [3.8, 4) is 5.75 Å². The van der Waals surface area contributed by atoms with Crippen LogP contribution in [-0.4, -0.2) is 36.3 Å². The highest BCUT2D eigenvalue weighted by Crippen LogP contribution is 2.27. The molecule has 0 saturated heterocycles. The van der Waals surface area contributed by atoms with Crippen molar-refractivity contribution in [1.29, 1.82) is 0 Å². The van der Waals surface area contributed by atoms with E-state index < -0.39 is 0 Å². The summed E-state index contributed by atoms with van der Waals surface area (Å²) in [4.78, 5) is 9.49. The smallest absolute Gasteiger partial charge is 0.229 e. The molecular formula is C23H28N4O2. The molecule has 0 radical (unpaired) electrons. The summed E-state index contributed by atoms with van der Waals surface area (Å²) < 4.78 is 10.6. The highest BCUT2D eigenvalue weighted by atomic mass is 16.5. The summed E-state index contributed by atoms with van der Waals surface area (Å²) in [6.07, 6.45) is 6.30. The van der Waals surface area contributed by atoms with Gasteiger partial charge in [-0.25, -0.2) is 4.98 Å². The molecule has 1 heterocycles. The van der Waals surface area contributed by atoms with Gasteiger partial charge in [0.1, 0.15) is 18.2 Å². The minimum Gasteiger partial charge on any atom is -0.491 e. The Morgan fingerprint density at radius 3 is 2.52 bits per heavy atom. The molecule has 6 nitrogen and oxygen atoms in total. The monoisotopic (exact) mass is 392 g/mol. The van der Waals surface area contributed by atoms with Gasteiger partial charge in [-0.2, -0.15) is 4.98 Å². The van der Waals surface area contributed by atoms with Crippen LogP contribution in [0.5, 0.6) is 5.75 Å². The lowest BCUT2D eigenvalue weighted by molar-refractivity contribution is 0.146. The first-order valence-corrected chi connectivity index (χ1v) is 10.3. The predicted molar refractivity (Wildman–Crippen MR) is 117 cm³/mol. The molecule has 0 spiro atoms. The van der Waals surface area contributed by atoms with Gasteiger partial charge >= 0.3 is 0 Å². The Morgan fingerprint density at radius 1 is 0.931 bits per heavy atom. The van der Waals surface area contributed by atoms with Gasteiger partial charge in [0.15, 0.2) is 0 Å². The summed E-state index contributed by atoms with van der Waals surface area (Å²) in [6, 6.07) is 16.4. The van der Waals surface area contributed by atoms with Crippen LogP contribution in [0, 0.1) is 0 Å². The summed E-state index contributed by atoms with van der Waals surface area (Å²) in [7, 11) is 1.66. The van der Waals surface area contributed by atoms with Crippen LogP contribution in [0.2, 0.25) is 0 Å². The zero-order valence-electron chi connectivity index (χ0n) is 16.9. The molecule has 1 aliphatic carbocycles. The van der Waals surface area contributed by atoms with Crippen LogP contribution in [0.4, 0.5) is 17.5 Å². The van der Waals surface area contributed by atoms with Crippen molar-refractivity contribution >= 4 is 28.4 Å². The van der Waals surface area contributed by atoms with Gasteiger partial charge in [0, 0.05) is 24.2 Å². The molecule has 29 heavy (non-hydrogen) atoms. The Bertz CT molecular complexity index is 924. The van der Waals surface area contributed by atoms with E-state index >= 15 is 0 Å². The SMILES string of the molecule is COCCOc1ccc(Nc2nc(NC3CCCCC3)c3ccccc3n2)cc1. The first-order valence-electron chi connectivity index (χ1n) is 10.3. The second kappa shape index (κ2) is 9.56. The zero-order valence-corrected chi connectivity index (χ0v) is 16.9. The lowest BCUT2D eigenvalue weighted by Gasteiger charge is -2.24. The van der Waals surface area contributed by atoms with E-state index in [4.69, 9.17) is 19.4 Å². The number of nitrogens with zero attached hydrogens (tertiary/aromatic N) is 2. The molecule has 0 amide bonds. The third-order valence-corrected chi connectivity index (χ3v) is 5.22. The third-order valence-electron chi connectivity index (χ3n) is 5.22. The van der Waals surface area contributed by atoms with Crippen molar-refractivity contribution in [3.05, 3.63) is 48.5 Å². The normalized spacial score (nSPS) is 14.7. The highest BCUT2D eigenvalue weighted by Gasteiger charge is 2.16. The highest BCUT2D eigenvalue weighted by molar-refractivity contribution is 5.90. The minimum absolute atomic E-state index is 0.485. The van der Waals surface area contributed by atoms with Gasteiger partial charge in [0.2, 0.25) is 5.95 Å². The Kier molecular flexibility index (Phi) is 6.42. The average molecular weight is 393 g/mol. The number of methoxy groups -OCH3 is 1. The van der Waals surface area contributed by atoms with E-state index in [2.05, 4.69) is 16.7 Å². The second-order valence-electron chi connectivity index (χ2n) is 7.38. The van der Waals surface area contributed by atoms with Gasteiger partial charge in [-0.3, -0.25) is 0 Å². The van der Waals surface area contributed by atoms with Gasteiger partial charge in [-0.1, -0.05) is 31.4 Å². The Balaban J connectivity index is 1.52. The lowest BCUT2D eigenvalue weighted by Crippen LogP contribution is -2.23. The molecule has 6 heteroatoms. The maximum atomic E-state index is 5.62. The summed E-state index contributed by atoms with van der Waals surface area (Å²) in [6.45, 7) is 1.11. The van der Waals surface area contributed by atoms with Crippen LogP contribution in [-0.2, 0) is 4.74 Å². The number of anilines is 3. The van der Waals surface area contributed by atoms with Crippen molar-refractivity contribution in [3.63, 3.8) is 0 Å². The first kappa shape index (κ1) is 19.5. The lowest BCUT2D eigenvalue weighted by atomic mass is 9.95. The predicted octanol–water partition coefficient (Wildman–Crippen LogP) is 5.14. The second-order valence-corrected chi connectivity index (χ2v) is 7.38. The summed E-state index contributed by atoms with van der Waals surface area (Å²) in [5.74, 6) is 2.31. The summed E-state index contributed by atoms with van der Waals surface area (Å²) in [5.41, 5.74) is 1.85. The molecule has 1 saturated carbocycles. The number of hydrogen-bond acceptors (Lipinski definition) is 6. The van der Waals surface area contributed by atoms with E-state index in [1.54, 1.807) is 7.11 Å². The van der Waals surface area contributed by atoms with E-state index in [1.807, 2.05) is 42.5 Å². The van der Waals surface area contributed by atoms with Crippen molar-refractivity contribution in [1.82, 2.24) is 9.97 Å². The summed E-state index contributed by atoms with van der Waals surface area (Å²) >= 11 is 0. The number of fused-ring (bicyclic) bond motifs is 1. The van der Waals surface area contributed by atoms with Gasteiger partial charge in [-0.15, -0.1) is 0 Å². The minimum atomic E-state index is 0.485. The first-order chi connectivity index (χ1) is 14.3. The molecule has 1 fully saturated rings. The Labute approximate surface area is 171 Å². The number of rotatable bonds is 8. The molecule has 1 aromatic heterocycles. The van der Waals surface area contributed by atoms with E-state index in [0.29, 0.717) is 25.2 Å². The number of para-hydroxylation sites is 1. The van der Waals surface area contributed by atoms with Gasteiger partial charge in [0.25, 0.3) is 0 Å². The fourth-order valence-electron chi connectivity index (χ4n) is 3.69. The Morgan fingerprint density at radius 2 is 1.72 bits per heavy atom. The zero-order chi connectivity index (χ0) is 19.9. The van der Waals surface area contributed by atoms with E-state index in [1.165, 1.54) is 32.1 Å². The van der Waals surface area contributed by atoms with Crippen LogP contribution in [0.3, 0.4) is 0 Å². The number of aromatic nitrogens is 2. The number of benzene rings is 2. The molecule has 2 aromatic carbocycles. The molecule has 0 aliphatic heterocycles. The molecule has 152 valence electrons. The van der Waals surface area contributed by atoms with Gasteiger partial charge in [0.05, 0.1) is 12.1 Å². The molecule has 1 aliphatic rings. The average Bonchev–Trinajstić information content (AvgIpc) is 2.76. The molecule has 0 bridgehead atoms. The topological polar surface area (TPSA) is 68.3 Å². The van der Waals surface area contributed by atoms with E-state index in [-0.39, 0.29) is 0 Å². The van der Waals surface area contributed by atoms with E-state index in [9.17, 15) is 0 Å². The maximum absolute atomic E-state index is 5.62. The maximum Gasteiger partial charge on any atom is 0.229 e. The quantitative estimate of drug-likeness (QED) is 0.517. The fraction of sp³-hybridized carbons (Fsp3) is 0.391. The third kappa shape index (κ3) is 5.15. The van der Waals surface area contributed by atoms with Crippen LogP contribution < -0.4 is 15.4 Å². The fourth-order valence-corrected chi connectivity index (χ4v) is 3.69.